The molecular weight excluding hydrogens is 243 g/mol. The van der Waals surface area contributed by atoms with Crippen molar-refractivity contribution in [2.24, 2.45) is 7.05 Å². The minimum Gasteiger partial charge on any atom is -0.337 e. The average Bonchev–Trinajstić information content (AvgIpc) is 2.64. The molecule has 0 bridgehead atoms. The van der Waals surface area contributed by atoms with Gasteiger partial charge in [0.05, 0.1) is 22.7 Å². The highest BCUT2D eigenvalue weighted by Crippen LogP contribution is 2.16. The first-order valence-electron chi connectivity index (χ1n) is 4.92. The van der Waals surface area contributed by atoms with Gasteiger partial charge in [-0.3, -0.25) is 0 Å². The van der Waals surface area contributed by atoms with Crippen LogP contribution in [0.25, 0.3) is 0 Å². The van der Waals surface area contributed by atoms with Crippen molar-refractivity contribution in [3.63, 3.8) is 0 Å². The molecule has 17 heavy (non-hydrogen) atoms. The molecule has 0 fully saturated rings. The van der Waals surface area contributed by atoms with E-state index < -0.39 is 15.7 Å². The molecule has 2 aromatic rings. The highest BCUT2D eigenvalue weighted by Gasteiger charge is 2.17. The summed E-state index contributed by atoms with van der Waals surface area (Å²) in [7, 11) is -1.73. The number of sulfone groups is 1. The number of aryl methyl sites for hydroxylation is 1. The number of benzene rings is 1. The Hall–Kier alpha value is -1.69. The fourth-order valence-corrected chi connectivity index (χ4v) is 2.83. The molecule has 0 atom stereocenters. The lowest BCUT2D eigenvalue weighted by Gasteiger charge is -2.04. The lowest BCUT2D eigenvalue weighted by atomic mass is 10.4. The number of hydrogen-bond donors (Lipinski definition) is 0. The van der Waals surface area contributed by atoms with Crippen molar-refractivity contribution >= 4 is 9.84 Å². The minimum absolute atomic E-state index is 0.111. The Balaban J connectivity index is 2.31. The average molecular weight is 254 g/mol. The Morgan fingerprint density at radius 2 is 1.94 bits per heavy atom. The number of imidazole rings is 1. The molecule has 0 spiro atoms. The van der Waals surface area contributed by atoms with E-state index in [-0.39, 0.29) is 10.6 Å². The van der Waals surface area contributed by atoms with Crippen LogP contribution >= 0.6 is 0 Å². The first-order chi connectivity index (χ1) is 7.99. The van der Waals surface area contributed by atoms with Crippen LogP contribution in [0.15, 0.2) is 41.7 Å². The molecule has 0 aliphatic heterocycles. The second-order valence-corrected chi connectivity index (χ2v) is 5.70. The van der Waals surface area contributed by atoms with Crippen LogP contribution in [0.3, 0.4) is 0 Å². The third-order valence-electron chi connectivity index (χ3n) is 2.43. The summed E-state index contributed by atoms with van der Waals surface area (Å²) in [4.78, 5) is 3.96. The zero-order valence-electron chi connectivity index (χ0n) is 9.17. The van der Waals surface area contributed by atoms with Gasteiger partial charge in [0.1, 0.15) is 5.82 Å². The molecule has 0 aliphatic carbocycles. The molecule has 1 heterocycles. The van der Waals surface area contributed by atoms with E-state index >= 15 is 0 Å². The second-order valence-electron chi connectivity index (χ2n) is 3.71. The Bertz CT molecular complexity index is 617. The van der Waals surface area contributed by atoms with Gasteiger partial charge in [-0.1, -0.05) is 0 Å². The molecule has 90 valence electrons. The third kappa shape index (κ3) is 2.52. The van der Waals surface area contributed by atoms with E-state index in [1.165, 1.54) is 24.7 Å². The van der Waals surface area contributed by atoms with Gasteiger partial charge in [0.25, 0.3) is 0 Å². The van der Waals surface area contributed by atoms with Gasteiger partial charge in [-0.25, -0.2) is 17.8 Å². The molecule has 4 nitrogen and oxygen atoms in total. The molecule has 0 radical (unpaired) electrons. The summed E-state index contributed by atoms with van der Waals surface area (Å²) in [6.45, 7) is 0. The van der Waals surface area contributed by atoms with Gasteiger partial charge in [0.2, 0.25) is 0 Å². The van der Waals surface area contributed by atoms with Crippen molar-refractivity contribution in [3.05, 3.63) is 48.3 Å². The largest absolute Gasteiger partial charge is 0.337 e. The molecule has 1 aromatic heterocycles. The second kappa shape index (κ2) is 4.29. The number of halogens is 1. The number of rotatable bonds is 3. The van der Waals surface area contributed by atoms with Gasteiger partial charge in [0, 0.05) is 13.2 Å². The molecule has 0 N–H and O–H groups in total. The highest BCUT2D eigenvalue weighted by atomic mass is 32.2. The predicted molar refractivity (Wildman–Crippen MR) is 60.5 cm³/mol. The zero-order valence-corrected chi connectivity index (χ0v) is 9.98. The summed E-state index contributed by atoms with van der Waals surface area (Å²) in [6, 6.07) is 4.80. The van der Waals surface area contributed by atoms with Crippen LogP contribution in [-0.2, 0) is 22.6 Å². The maximum atomic E-state index is 12.7. The van der Waals surface area contributed by atoms with Crippen LogP contribution in [-0.4, -0.2) is 18.0 Å². The Kier molecular flexibility index (Phi) is 2.97. The van der Waals surface area contributed by atoms with E-state index in [9.17, 15) is 12.8 Å². The van der Waals surface area contributed by atoms with E-state index in [2.05, 4.69) is 4.98 Å². The van der Waals surface area contributed by atoms with Gasteiger partial charge in [-0.15, -0.1) is 0 Å². The zero-order chi connectivity index (χ0) is 12.5. The summed E-state index contributed by atoms with van der Waals surface area (Å²) in [6.07, 6.45) is 3.04. The number of nitrogens with zero attached hydrogens (tertiary/aromatic N) is 2. The maximum absolute atomic E-state index is 12.7. The van der Waals surface area contributed by atoms with E-state index in [4.69, 9.17) is 0 Å². The summed E-state index contributed by atoms with van der Waals surface area (Å²) in [5.74, 6) is -0.598. The quantitative estimate of drug-likeness (QED) is 0.781. The summed E-state index contributed by atoms with van der Waals surface area (Å²) >= 11 is 0. The van der Waals surface area contributed by atoms with Gasteiger partial charge >= 0.3 is 0 Å². The molecule has 0 amide bonds. The van der Waals surface area contributed by atoms with Crippen molar-refractivity contribution in [2.45, 2.75) is 10.6 Å². The van der Waals surface area contributed by atoms with Crippen molar-refractivity contribution in [3.8, 4) is 0 Å². The van der Waals surface area contributed by atoms with Crippen LogP contribution in [0.4, 0.5) is 4.39 Å². The molecular formula is C11H11FN2O2S. The topological polar surface area (TPSA) is 52.0 Å². The summed E-state index contributed by atoms with van der Waals surface area (Å²) in [5.41, 5.74) is 0.592. The number of aromatic nitrogens is 2. The summed E-state index contributed by atoms with van der Waals surface area (Å²) in [5, 5.41) is 0. The van der Waals surface area contributed by atoms with E-state index in [1.807, 2.05) is 0 Å². The molecule has 1 aromatic carbocycles. The van der Waals surface area contributed by atoms with Crippen molar-refractivity contribution in [1.82, 2.24) is 9.55 Å². The van der Waals surface area contributed by atoms with Gasteiger partial charge in [-0.2, -0.15) is 0 Å². The lowest BCUT2D eigenvalue weighted by Crippen LogP contribution is -2.07. The van der Waals surface area contributed by atoms with Crippen LogP contribution < -0.4 is 0 Å². The SMILES string of the molecule is Cn1cncc1CS(=O)(=O)c1ccc(F)cc1. The smallest absolute Gasteiger partial charge is 0.184 e. The Morgan fingerprint density at radius 1 is 1.29 bits per heavy atom. The van der Waals surface area contributed by atoms with Crippen LogP contribution in [0.1, 0.15) is 5.69 Å². The predicted octanol–water partition coefficient (Wildman–Crippen LogP) is 1.53. The lowest BCUT2D eigenvalue weighted by molar-refractivity contribution is 0.592. The minimum atomic E-state index is -3.45. The molecule has 0 unspecified atom stereocenters. The van der Waals surface area contributed by atoms with Crippen molar-refractivity contribution < 1.29 is 12.8 Å². The van der Waals surface area contributed by atoms with Gasteiger partial charge in [0.15, 0.2) is 9.84 Å². The maximum Gasteiger partial charge on any atom is 0.184 e. The molecule has 0 saturated carbocycles. The Labute approximate surface area is 98.6 Å². The fourth-order valence-electron chi connectivity index (χ4n) is 1.44. The first-order valence-corrected chi connectivity index (χ1v) is 6.58. The first kappa shape index (κ1) is 11.8. The molecule has 0 saturated heterocycles. The normalized spacial score (nSPS) is 11.6. The highest BCUT2D eigenvalue weighted by molar-refractivity contribution is 7.90. The summed E-state index contributed by atoms with van der Waals surface area (Å²) < 4.78 is 38.3. The van der Waals surface area contributed by atoms with Crippen LogP contribution in [0.2, 0.25) is 0 Å². The third-order valence-corrected chi connectivity index (χ3v) is 4.09. The number of hydrogen-bond acceptors (Lipinski definition) is 3. The van der Waals surface area contributed by atoms with E-state index in [1.54, 1.807) is 11.6 Å². The van der Waals surface area contributed by atoms with Crippen molar-refractivity contribution in [1.29, 1.82) is 0 Å². The molecule has 0 aliphatic rings. The van der Waals surface area contributed by atoms with Gasteiger partial charge in [-0.05, 0) is 24.3 Å². The van der Waals surface area contributed by atoms with Crippen LogP contribution in [0.5, 0.6) is 0 Å². The van der Waals surface area contributed by atoms with E-state index in [0.717, 1.165) is 12.1 Å². The molecule has 2 rings (SSSR count). The van der Waals surface area contributed by atoms with Gasteiger partial charge < -0.3 is 4.57 Å². The monoisotopic (exact) mass is 254 g/mol. The standard InChI is InChI=1S/C11H11FN2O2S/c1-14-8-13-6-10(14)7-17(15,16)11-4-2-9(12)3-5-11/h2-6,8H,7H2,1H3. The molecule has 6 heteroatoms. The fraction of sp³-hybridized carbons (Fsp3) is 0.182. The Morgan fingerprint density at radius 3 is 2.47 bits per heavy atom. The van der Waals surface area contributed by atoms with Crippen molar-refractivity contribution in [2.75, 3.05) is 0 Å². The van der Waals surface area contributed by atoms with E-state index in [0.29, 0.717) is 5.69 Å². The van der Waals surface area contributed by atoms with Crippen LogP contribution in [0, 0.1) is 5.82 Å².